The van der Waals surface area contributed by atoms with Crippen molar-refractivity contribution in [3.05, 3.63) is 29.8 Å². The van der Waals surface area contributed by atoms with E-state index in [0.29, 0.717) is 19.0 Å². The molecule has 1 aromatic carbocycles. The van der Waals surface area contributed by atoms with E-state index in [-0.39, 0.29) is 18.4 Å². The Bertz CT molecular complexity index is 635. The first-order chi connectivity index (χ1) is 9.39. The lowest BCUT2D eigenvalue weighted by Crippen LogP contribution is -2.31. The molecule has 1 aliphatic carbocycles. The van der Waals surface area contributed by atoms with Gasteiger partial charge in [0.2, 0.25) is 10.0 Å². The molecule has 2 fully saturated rings. The second-order valence-corrected chi connectivity index (χ2v) is 7.37. The maximum absolute atomic E-state index is 13.7. The van der Waals surface area contributed by atoms with Crippen molar-refractivity contribution < 1.29 is 22.3 Å². The highest BCUT2D eigenvalue weighted by molar-refractivity contribution is 7.89. The van der Waals surface area contributed by atoms with Crippen LogP contribution in [0.1, 0.15) is 12.8 Å². The highest BCUT2D eigenvalue weighted by atomic mass is 32.2. The van der Waals surface area contributed by atoms with Crippen LogP contribution in [0.3, 0.4) is 0 Å². The molecule has 0 radical (unpaired) electrons. The van der Waals surface area contributed by atoms with Crippen LogP contribution in [0.4, 0.5) is 8.78 Å². The molecule has 20 heavy (non-hydrogen) atoms. The van der Waals surface area contributed by atoms with Crippen molar-refractivity contribution in [2.24, 2.45) is 11.8 Å². The maximum Gasteiger partial charge on any atom is 0.246 e. The fourth-order valence-electron chi connectivity index (χ4n) is 3.22. The van der Waals surface area contributed by atoms with Crippen LogP contribution in [-0.2, 0) is 10.0 Å². The Kier molecular flexibility index (Phi) is 3.30. The van der Waals surface area contributed by atoms with Gasteiger partial charge < -0.3 is 5.11 Å². The van der Waals surface area contributed by atoms with Crippen LogP contribution >= 0.6 is 0 Å². The highest BCUT2D eigenvalue weighted by Gasteiger charge is 2.46. The second kappa shape index (κ2) is 4.75. The van der Waals surface area contributed by atoms with Gasteiger partial charge in [-0.1, -0.05) is 0 Å². The van der Waals surface area contributed by atoms with E-state index in [2.05, 4.69) is 0 Å². The summed E-state index contributed by atoms with van der Waals surface area (Å²) in [7, 11) is -3.97. The van der Waals surface area contributed by atoms with Crippen LogP contribution in [0.25, 0.3) is 0 Å². The number of sulfonamides is 1. The van der Waals surface area contributed by atoms with Gasteiger partial charge in [-0.2, -0.15) is 4.31 Å². The quantitative estimate of drug-likeness (QED) is 0.897. The predicted octanol–water partition coefficient (Wildman–Crippen LogP) is 1.36. The maximum atomic E-state index is 13.7. The van der Waals surface area contributed by atoms with Gasteiger partial charge in [-0.05, 0) is 30.9 Å². The minimum Gasteiger partial charge on any atom is -0.393 e. The summed E-state index contributed by atoms with van der Waals surface area (Å²) in [5, 5.41) is 9.80. The summed E-state index contributed by atoms with van der Waals surface area (Å²) < 4.78 is 52.5. The van der Waals surface area contributed by atoms with Crippen molar-refractivity contribution in [3.8, 4) is 0 Å². The average Bonchev–Trinajstić information content (AvgIpc) is 2.92. The molecule has 1 aromatic rings. The lowest BCUT2D eigenvalue weighted by molar-refractivity contribution is 0.129. The Morgan fingerprint density at radius 3 is 2.60 bits per heavy atom. The largest absolute Gasteiger partial charge is 0.393 e. The van der Waals surface area contributed by atoms with Gasteiger partial charge in [0.05, 0.1) is 6.10 Å². The average molecular weight is 303 g/mol. The van der Waals surface area contributed by atoms with Crippen molar-refractivity contribution in [2.45, 2.75) is 23.8 Å². The van der Waals surface area contributed by atoms with Crippen LogP contribution < -0.4 is 0 Å². The Labute approximate surface area is 116 Å². The molecule has 3 unspecified atom stereocenters. The summed E-state index contributed by atoms with van der Waals surface area (Å²) >= 11 is 0. The first-order valence-electron chi connectivity index (χ1n) is 6.53. The number of hydrogen-bond donors (Lipinski definition) is 1. The fraction of sp³-hybridized carbons (Fsp3) is 0.538. The Balaban J connectivity index is 1.90. The van der Waals surface area contributed by atoms with Crippen LogP contribution in [0.5, 0.6) is 0 Å². The monoisotopic (exact) mass is 303 g/mol. The Morgan fingerprint density at radius 1 is 1.20 bits per heavy atom. The number of benzene rings is 1. The summed E-state index contributed by atoms with van der Waals surface area (Å²) in [5.74, 6) is -1.84. The molecule has 7 heteroatoms. The number of nitrogens with zero attached hydrogens (tertiary/aromatic N) is 1. The molecule has 0 spiro atoms. The van der Waals surface area contributed by atoms with Crippen molar-refractivity contribution in [1.82, 2.24) is 4.31 Å². The van der Waals surface area contributed by atoms with Gasteiger partial charge in [0.1, 0.15) is 16.5 Å². The fourth-order valence-corrected chi connectivity index (χ4v) is 4.80. The van der Waals surface area contributed by atoms with Crippen molar-refractivity contribution in [3.63, 3.8) is 0 Å². The van der Waals surface area contributed by atoms with E-state index < -0.39 is 32.7 Å². The summed E-state index contributed by atoms with van der Waals surface area (Å²) in [5.41, 5.74) is 0. The summed E-state index contributed by atoms with van der Waals surface area (Å²) in [6.07, 6.45) is 0.982. The molecule has 0 aromatic heterocycles. The minimum absolute atomic E-state index is 0.0757. The van der Waals surface area contributed by atoms with Gasteiger partial charge in [0, 0.05) is 25.1 Å². The SMILES string of the molecule is O=S(=O)(c1ccc(F)cc1F)N1CC2CCC(O)C2C1. The van der Waals surface area contributed by atoms with Gasteiger partial charge >= 0.3 is 0 Å². The van der Waals surface area contributed by atoms with Gasteiger partial charge in [0.15, 0.2) is 0 Å². The summed E-state index contributed by atoms with van der Waals surface area (Å²) in [6.45, 7) is 0.492. The van der Waals surface area contributed by atoms with E-state index in [9.17, 15) is 22.3 Å². The third kappa shape index (κ3) is 2.13. The lowest BCUT2D eigenvalue weighted by atomic mass is 10.00. The number of halogens is 2. The molecule has 1 N–H and O–H groups in total. The molecular weight excluding hydrogens is 288 g/mol. The van der Waals surface area contributed by atoms with Crippen LogP contribution in [0.2, 0.25) is 0 Å². The van der Waals surface area contributed by atoms with E-state index in [1.54, 1.807) is 0 Å². The van der Waals surface area contributed by atoms with Crippen LogP contribution in [-0.4, -0.2) is 37.0 Å². The zero-order chi connectivity index (χ0) is 14.5. The Morgan fingerprint density at radius 2 is 1.95 bits per heavy atom. The van der Waals surface area contributed by atoms with Crippen LogP contribution in [0.15, 0.2) is 23.1 Å². The van der Waals surface area contributed by atoms with E-state index in [0.717, 1.165) is 18.6 Å². The van der Waals surface area contributed by atoms with Gasteiger partial charge in [-0.25, -0.2) is 17.2 Å². The smallest absolute Gasteiger partial charge is 0.246 e. The topological polar surface area (TPSA) is 57.6 Å². The number of aliphatic hydroxyl groups is 1. The summed E-state index contributed by atoms with van der Waals surface area (Å²) in [4.78, 5) is -0.506. The standard InChI is InChI=1S/C13H15F2NO3S/c14-9-2-4-13(11(15)5-9)20(18,19)16-6-8-1-3-12(17)10(8)7-16/h2,4-5,8,10,12,17H,1,3,6-7H2. The number of rotatable bonds is 2. The number of fused-ring (bicyclic) bond motifs is 1. The van der Waals surface area contributed by atoms with Gasteiger partial charge in [0.25, 0.3) is 0 Å². The number of aliphatic hydroxyl groups excluding tert-OH is 1. The first kappa shape index (κ1) is 13.9. The molecule has 4 nitrogen and oxygen atoms in total. The van der Waals surface area contributed by atoms with Crippen molar-refractivity contribution >= 4 is 10.0 Å². The molecule has 3 atom stereocenters. The van der Waals surface area contributed by atoms with Crippen LogP contribution in [0, 0.1) is 23.5 Å². The molecule has 1 saturated heterocycles. The van der Waals surface area contributed by atoms with Crippen molar-refractivity contribution in [1.29, 1.82) is 0 Å². The molecule has 110 valence electrons. The molecule has 3 rings (SSSR count). The van der Waals surface area contributed by atoms with E-state index in [1.165, 1.54) is 4.31 Å². The summed E-state index contributed by atoms with van der Waals surface area (Å²) in [6, 6.07) is 2.45. The van der Waals surface area contributed by atoms with E-state index >= 15 is 0 Å². The molecular formula is C13H15F2NO3S. The normalized spacial score (nSPS) is 30.6. The molecule has 2 aliphatic rings. The lowest BCUT2D eigenvalue weighted by Gasteiger charge is -2.18. The predicted molar refractivity (Wildman–Crippen MR) is 67.3 cm³/mol. The van der Waals surface area contributed by atoms with Crippen molar-refractivity contribution in [2.75, 3.05) is 13.1 Å². The zero-order valence-electron chi connectivity index (χ0n) is 10.7. The third-order valence-electron chi connectivity index (χ3n) is 4.30. The third-order valence-corrected chi connectivity index (χ3v) is 6.16. The molecule has 1 aliphatic heterocycles. The molecule has 1 saturated carbocycles. The van der Waals surface area contributed by atoms with E-state index in [1.807, 2.05) is 0 Å². The minimum atomic E-state index is -3.97. The van der Waals surface area contributed by atoms with E-state index in [4.69, 9.17) is 0 Å². The second-order valence-electron chi connectivity index (χ2n) is 5.47. The first-order valence-corrected chi connectivity index (χ1v) is 7.97. The Hall–Kier alpha value is -1.05. The van der Waals surface area contributed by atoms with Gasteiger partial charge in [-0.3, -0.25) is 0 Å². The molecule has 1 heterocycles. The highest BCUT2D eigenvalue weighted by Crippen LogP contribution is 2.40. The molecule has 0 amide bonds. The zero-order valence-corrected chi connectivity index (χ0v) is 11.5. The number of hydrogen-bond acceptors (Lipinski definition) is 3. The van der Waals surface area contributed by atoms with Gasteiger partial charge in [-0.15, -0.1) is 0 Å². The molecule has 0 bridgehead atoms.